The fourth-order valence-corrected chi connectivity index (χ4v) is 3.33. The molecule has 8 nitrogen and oxygen atoms in total. The third-order valence-corrected chi connectivity index (χ3v) is 5.06. The molecule has 1 heterocycles. The molecule has 0 atom stereocenters. The zero-order valence-corrected chi connectivity index (χ0v) is 19.4. The number of alkyl halides is 3. The van der Waals surface area contributed by atoms with Crippen LogP contribution in [0.3, 0.4) is 0 Å². The molecule has 186 valence electrons. The van der Waals surface area contributed by atoms with Crippen LogP contribution in [0.4, 0.5) is 13.2 Å². The summed E-state index contributed by atoms with van der Waals surface area (Å²) in [6.07, 6.45) is -4.90. The van der Waals surface area contributed by atoms with Crippen molar-refractivity contribution in [3.63, 3.8) is 0 Å². The van der Waals surface area contributed by atoms with Crippen molar-refractivity contribution >= 4 is 22.6 Å². The summed E-state index contributed by atoms with van der Waals surface area (Å²) in [4.78, 5) is 15.0. The molecule has 3 aromatic rings. The molecule has 0 bridgehead atoms. The van der Waals surface area contributed by atoms with E-state index in [9.17, 15) is 23.1 Å². The maximum atomic E-state index is 13.8. The summed E-state index contributed by atoms with van der Waals surface area (Å²) in [7, 11) is -4.69. The number of benzene rings is 2. The van der Waals surface area contributed by atoms with Crippen LogP contribution >= 0.6 is 11.6 Å². The van der Waals surface area contributed by atoms with Gasteiger partial charge in [-0.05, 0) is 42.9 Å². The highest BCUT2D eigenvalue weighted by Crippen LogP contribution is 2.39. The predicted octanol–water partition coefficient (Wildman–Crippen LogP) is 1.56. The average Bonchev–Trinajstić information content (AvgIpc) is 2.72. The first kappa shape index (κ1) is 27.9. The van der Waals surface area contributed by atoms with Gasteiger partial charge in [-0.15, -0.1) is 0 Å². The van der Waals surface area contributed by atoms with E-state index in [1.54, 1.807) is 0 Å². The molecular formula is C21H20Cl2F3NO7. The number of phenolic OH excluding ortho intramolecular Hbond substituents is 1. The van der Waals surface area contributed by atoms with Crippen molar-refractivity contribution in [3.8, 4) is 16.9 Å². The Bertz CT molecular complexity index is 1180. The number of phenols is 1. The number of rotatable bonds is 5. The fraction of sp³-hybridized carbons (Fsp3) is 0.286. The van der Waals surface area contributed by atoms with Crippen LogP contribution in [0.25, 0.3) is 22.1 Å². The standard InChI is InChI=1S/C21H19ClF3NO3.ClHO4/c1-3-26(4-2)11-15-16(27)10-9-14-18(28)17(12-5-7-13(22)8-6-12)20(21(23,24)25)29-19(14)15;2-1(3,4)5/h5-10,27H,3-4,11H2,1-2H3;(H,2,3,4,5). The molecule has 0 aliphatic heterocycles. The van der Waals surface area contributed by atoms with Gasteiger partial charge < -0.3 is 9.52 Å². The number of hydrogen-bond donors (Lipinski definition) is 2. The molecule has 2 aromatic carbocycles. The topological polar surface area (TPSA) is 143 Å². The maximum Gasteiger partial charge on any atom is 0.450 e. The zero-order valence-electron chi connectivity index (χ0n) is 17.9. The smallest absolute Gasteiger partial charge is 0.450 e. The molecule has 0 fully saturated rings. The molecule has 0 spiro atoms. The molecule has 0 unspecified atom stereocenters. The van der Waals surface area contributed by atoms with Crippen LogP contribution in [0.2, 0.25) is 5.02 Å². The van der Waals surface area contributed by atoms with Crippen molar-refractivity contribution in [2.75, 3.05) is 13.1 Å². The molecule has 3 rings (SSSR count). The summed E-state index contributed by atoms with van der Waals surface area (Å²) < 4.78 is 79.5. The minimum absolute atomic E-state index is 0.0251. The lowest BCUT2D eigenvalue weighted by molar-refractivity contribution is -1.92. The van der Waals surface area contributed by atoms with Crippen molar-refractivity contribution < 1.29 is 51.6 Å². The molecule has 0 saturated carbocycles. The summed E-state index contributed by atoms with van der Waals surface area (Å²) in [5.74, 6) is -1.62. The number of fused-ring (bicyclic) bond motifs is 1. The van der Waals surface area contributed by atoms with Gasteiger partial charge in [0.1, 0.15) is 11.3 Å². The Hall–Kier alpha value is -2.38. The molecule has 0 amide bonds. The summed E-state index contributed by atoms with van der Waals surface area (Å²) in [5.41, 5.74) is -1.46. The zero-order chi connectivity index (χ0) is 25.8. The normalized spacial score (nSPS) is 12.1. The van der Waals surface area contributed by atoms with Crippen molar-refractivity contribution in [3.05, 3.63) is 63.0 Å². The molecular weight excluding hydrogens is 506 g/mol. The lowest BCUT2D eigenvalue weighted by atomic mass is 10.00. The van der Waals surface area contributed by atoms with Gasteiger partial charge in [-0.25, -0.2) is 0 Å². The second-order valence-corrected chi connectivity index (χ2v) is 8.17. The van der Waals surface area contributed by atoms with Crippen molar-refractivity contribution in [2.45, 2.75) is 26.6 Å². The van der Waals surface area contributed by atoms with E-state index in [-0.39, 0.29) is 34.4 Å². The second kappa shape index (κ2) is 10.9. The number of halogens is 5. The lowest BCUT2D eigenvalue weighted by Crippen LogP contribution is -2.58. The quantitative estimate of drug-likeness (QED) is 0.510. The molecule has 13 heteroatoms. The van der Waals surface area contributed by atoms with Crippen molar-refractivity contribution in [1.29, 1.82) is 0 Å². The predicted molar refractivity (Wildman–Crippen MR) is 108 cm³/mol. The van der Waals surface area contributed by atoms with Gasteiger partial charge in [0, 0.05) is 11.6 Å². The van der Waals surface area contributed by atoms with Crippen LogP contribution in [0.5, 0.6) is 5.75 Å². The Balaban J connectivity index is 0.000000739. The van der Waals surface area contributed by atoms with Gasteiger partial charge in [-0.3, -0.25) is 9.69 Å². The number of aromatic hydroxyl groups is 1. The average molecular weight is 526 g/mol. The number of hydrogen-bond acceptors (Lipinski definition) is 8. The van der Waals surface area contributed by atoms with Gasteiger partial charge in [-0.2, -0.15) is 27.1 Å². The minimum Gasteiger partial charge on any atom is -0.507 e. The van der Waals surface area contributed by atoms with Crippen LogP contribution < -0.4 is 19.4 Å². The van der Waals surface area contributed by atoms with E-state index in [0.717, 1.165) is 0 Å². The van der Waals surface area contributed by atoms with Crippen molar-refractivity contribution in [2.24, 2.45) is 0 Å². The first-order valence-corrected chi connectivity index (χ1v) is 11.3. The Kier molecular flexibility index (Phi) is 8.94. The first-order valence-electron chi connectivity index (χ1n) is 9.67. The van der Waals surface area contributed by atoms with Gasteiger partial charge in [-0.1, -0.05) is 37.6 Å². The second-order valence-electron chi connectivity index (χ2n) is 6.94. The Morgan fingerprint density at radius 2 is 1.59 bits per heavy atom. The van der Waals surface area contributed by atoms with Gasteiger partial charge >= 0.3 is 6.18 Å². The molecule has 0 aliphatic rings. The van der Waals surface area contributed by atoms with Gasteiger partial charge in [0.05, 0.1) is 31.4 Å². The van der Waals surface area contributed by atoms with Gasteiger partial charge in [0.25, 0.3) is 0 Å². The highest BCUT2D eigenvalue weighted by Gasteiger charge is 2.39. The molecule has 34 heavy (non-hydrogen) atoms. The lowest BCUT2D eigenvalue weighted by Gasteiger charge is -2.20. The summed E-state index contributed by atoms with van der Waals surface area (Å²) in [6.45, 7) is 5.16. The summed E-state index contributed by atoms with van der Waals surface area (Å²) in [5, 5.41) is 10.6. The SMILES string of the molecule is CCN(CC)Cc1c(O)ccc2c(=O)c(-c3ccc(Cl)cc3)c(C(F)(F)F)oc12.[O-][Cl+3]([O-])([O-])O. The molecule has 0 aliphatic carbocycles. The Morgan fingerprint density at radius 3 is 2.06 bits per heavy atom. The molecule has 0 saturated heterocycles. The van der Waals surface area contributed by atoms with Crippen LogP contribution in [0.1, 0.15) is 25.2 Å². The summed E-state index contributed by atoms with van der Waals surface area (Å²) >= 11 is 5.82. The van der Waals surface area contributed by atoms with E-state index in [1.807, 2.05) is 18.7 Å². The third kappa shape index (κ3) is 7.06. The highest BCUT2D eigenvalue weighted by molar-refractivity contribution is 6.30. The largest absolute Gasteiger partial charge is 0.507 e. The van der Waals surface area contributed by atoms with E-state index >= 15 is 0 Å². The van der Waals surface area contributed by atoms with Crippen LogP contribution in [-0.2, 0) is 12.7 Å². The van der Waals surface area contributed by atoms with E-state index < -0.39 is 33.2 Å². The minimum atomic E-state index is -4.90. The van der Waals surface area contributed by atoms with E-state index in [1.165, 1.54) is 36.4 Å². The molecule has 1 aromatic heterocycles. The van der Waals surface area contributed by atoms with Crippen molar-refractivity contribution in [1.82, 2.24) is 4.90 Å². The van der Waals surface area contributed by atoms with Gasteiger partial charge in [0.15, 0.2) is 0 Å². The van der Waals surface area contributed by atoms with Gasteiger partial charge in [0.2, 0.25) is 11.2 Å². The van der Waals surface area contributed by atoms with E-state index in [2.05, 4.69) is 0 Å². The number of nitrogens with zero attached hydrogens (tertiary/aromatic N) is 1. The summed E-state index contributed by atoms with van der Waals surface area (Å²) in [6, 6.07) is 8.07. The van der Waals surface area contributed by atoms with E-state index in [0.29, 0.717) is 18.1 Å². The molecule has 2 N–H and O–H groups in total. The maximum absolute atomic E-state index is 13.8. The Labute approximate surface area is 198 Å². The highest BCUT2D eigenvalue weighted by atomic mass is 35.7. The third-order valence-electron chi connectivity index (χ3n) is 4.81. The van der Waals surface area contributed by atoms with Crippen LogP contribution in [0, 0.1) is 10.2 Å². The first-order chi connectivity index (χ1) is 15.7. The molecule has 0 radical (unpaired) electrons. The van der Waals surface area contributed by atoms with Crippen LogP contribution in [-0.4, -0.2) is 27.8 Å². The monoisotopic (exact) mass is 525 g/mol. The van der Waals surface area contributed by atoms with E-state index in [4.69, 9.17) is 34.7 Å². The Morgan fingerprint density at radius 1 is 1.06 bits per heavy atom. The van der Waals surface area contributed by atoms with Crippen LogP contribution in [0.15, 0.2) is 45.6 Å². The fourth-order valence-electron chi connectivity index (χ4n) is 3.21.